The van der Waals surface area contributed by atoms with Crippen LogP contribution in [0.25, 0.3) is 10.2 Å². The lowest BCUT2D eigenvalue weighted by Gasteiger charge is -2.31. The lowest BCUT2D eigenvalue weighted by molar-refractivity contribution is 0.222. The average molecular weight is 341 g/mol. The molecule has 0 amide bonds. The summed E-state index contributed by atoms with van der Waals surface area (Å²) in [5.74, 6) is 0. The quantitative estimate of drug-likeness (QED) is 0.836. The number of thiazole rings is 1. The highest BCUT2D eigenvalue weighted by Crippen LogP contribution is 2.24. The Bertz CT molecular complexity index is 846. The molecule has 0 radical (unpaired) electrons. The third-order valence-corrected chi connectivity index (χ3v) is 6.89. The summed E-state index contributed by atoms with van der Waals surface area (Å²) in [4.78, 5) is 14.2. The Kier molecular flexibility index (Phi) is 4.11. The van der Waals surface area contributed by atoms with Crippen molar-refractivity contribution < 1.29 is 8.42 Å². The van der Waals surface area contributed by atoms with E-state index in [-0.39, 0.29) is 9.77 Å². The molecule has 1 saturated heterocycles. The van der Waals surface area contributed by atoms with Crippen molar-refractivity contribution in [2.24, 2.45) is 0 Å². The van der Waals surface area contributed by atoms with Gasteiger partial charge in [0.2, 0.25) is 10.0 Å². The van der Waals surface area contributed by atoms with Crippen molar-refractivity contribution in [3.8, 4) is 0 Å². The van der Waals surface area contributed by atoms with Gasteiger partial charge < -0.3 is 4.90 Å². The molecular formula is C14H19N3O3S2. The lowest BCUT2D eigenvalue weighted by Crippen LogP contribution is -2.46. The van der Waals surface area contributed by atoms with Gasteiger partial charge in [0.05, 0.1) is 15.1 Å². The van der Waals surface area contributed by atoms with Crippen molar-refractivity contribution >= 4 is 31.6 Å². The van der Waals surface area contributed by atoms with E-state index in [0.717, 1.165) is 34.6 Å². The predicted octanol–water partition coefficient (Wildman–Crippen LogP) is 1.02. The third-order valence-electron chi connectivity index (χ3n) is 4.06. The number of nitrogens with zero attached hydrogens (tertiary/aromatic N) is 3. The number of benzene rings is 1. The highest BCUT2D eigenvalue weighted by molar-refractivity contribution is 7.89. The van der Waals surface area contributed by atoms with Crippen molar-refractivity contribution in [1.82, 2.24) is 13.8 Å². The van der Waals surface area contributed by atoms with Gasteiger partial charge in [-0.1, -0.05) is 11.3 Å². The topological polar surface area (TPSA) is 62.6 Å². The van der Waals surface area contributed by atoms with Crippen LogP contribution in [0.1, 0.15) is 6.92 Å². The Morgan fingerprint density at radius 2 is 1.86 bits per heavy atom. The fourth-order valence-electron chi connectivity index (χ4n) is 2.68. The zero-order valence-corrected chi connectivity index (χ0v) is 14.3. The highest BCUT2D eigenvalue weighted by atomic mass is 32.2. The van der Waals surface area contributed by atoms with Gasteiger partial charge in [0, 0.05) is 32.7 Å². The van der Waals surface area contributed by atoms with Gasteiger partial charge in [0.25, 0.3) is 0 Å². The lowest BCUT2D eigenvalue weighted by atomic mass is 10.3. The molecule has 0 N–H and O–H groups in total. The van der Waals surface area contributed by atoms with Gasteiger partial charge in [-0.15, -0.1) is 0 Å². The highest BCUT2D eigenvalue weighted by Gasteiger charge is 2.27. The molecule has 22 heavy (non-hydrogen) atoms. The SMILES string of the molecule is CCn1c(=O)sc2cc(S(=O)(=O)N3CCN(C)CC3)ccc21. The van der Waals surface area contributed by atoms with E-state index in [2.05, 4.69) is 4.90 Å². The Hall–Kier alpha value is -1.22. The van der Waals surface area contributed by atoms with Crippen molar-refractivity contribution in [2.45, 2.75) is 18.4 Å². The number of sulfonamides is 1. The van der Waals surface area contributed by atoms with Gasteiger partial charge in [0.1, 0.15) is 0 Å². The molecule has 1 fully saturated rings. The zero-order valence-electron chi connectivity index (χ0n) is 12.7. The molecule has 0 unspecified atom stereocenters. The molecule has 0 atom stereocenters. The summed E-state index contributed by atoms with van der Waals surface area (Å²) in [5.41, 5.74) is 0.801. The number of fused-ring (bicyclic) bond motifs is 1. The van der Waals surface area contributed by atoms with Gasteiger partial charge >= 0.3 is 4.87 Å². The van der Waals surface area contributed by atoms with Crippen LogP contribution < -0.4 is 4.87 Å². The molecule has 1 aliphatic heterocycles. The summed E-state index contributed by atoms with van der Waals surface area (Å²) in [7, 11) is -1.50. The summed E-state index contributed by atoms with van der Waals surface area (Å²) >= 11 is 1.10. The normalized spacial score (nSPS) is 18.1. The second kappa shape index (κ2) is 5.77. The molecule has 0 saturated carbocycles. The molecule has 2 heterocycles. The van der Waals surface area contributed by atoms with Crippen molar-refractivity contribution in [1.29, 1.82) is 0 Å². The first kappa shape index (κ1) is 15.7. The first-order chi connectivity index (χ1) is 10.4. The maximum absolute atomic E-state index is 12.7. The van der Waals surface area contributed by atoms with E-state index in [1.165, 1.54) is 4.31 Å². The zero-order chi connectivity index (χ0) is 15.9. The first-order valence-corrected chi connectivity index (χ1v) is 9.51. The van der Waals surface area contributed by atoms with E-state index >= 15 is 0 Å². The Balaban J connectivity index is 2.01. The van der Waals surface area contributed by atoms with E-state index in [4.69, 9.17) is 0 Å². The Morgan fingerprint density at radius 1 is 1.18 bits per heavy atom. The summed E-state index contributed by atoms with van der Waals surface area (Å²) < 4.78 is 29.4. The summed E-state index contributed by atoms with van der Waals surface area (Å²) in [6.07, 6.45) is 0. The van der Waals surface area contributed by atoms with Crippen LogP contribution in [0.4, 0.5) is 0 Å². The van der Waals surface area contributed by atoms with E-state index in [1.54, 1.807) is 22.8 Å². The number of hydrogen-bond acceptors (Lipinski definition) is 5. The molecule has 2 aromatic rings. The number of hydrogen-bond donors (Lipinski definition) is 0. The molecule has 120 valence electrons. The predicted molar refractivity (Wildman–Crippen MR) is 88.0 cm³/mol. The number of aryl methyl sites for hydroxylation is 1. The number of rotatable bonds is 3. The maximum Gasteiger partial charge on any atom is 0.308 e. The van der Waals surface area contributed by atoms with Gasteiger partial charge in [-0.3, -0.25) is 9.36 Å². The Labute approximate surface area is 133 Å². The third kappa shape index (κ3) is 2.60. The molecule has 8 heteroatoms. The number of likely N-dealkylation sites (N-methyl/N-ethyl adjacent to an activating group) is 1. The van der Waals surface area contributed by atoms with Crippen LogP contribution in [0, 0.1) is 0 Å². The van der Waals surface area contributed by atoms with Gasteiger partial charge in [0.15, 0.2) is 0 Å². The van der Waals surface area contributed by atoms with Crippen LogP contribution in [0.2, 0.25) is 0 Å². The molecule has 0 bridgehead atoms. The summed E-state index contributed by atoms with van der Waals surface area (Å²) in [6, 6.07) is 4.97. The van der Waals surface area contributed by atoms with E-state index in [1.807, 2.05) is 14.0 Å². The number of piperazine rings is 1. The minimum Gasteiger partial charge on any atom is -0.304 e. The molecule has 1 aliphatic rings. The Morgan fingerprint density at radius 3 is 2.50 bits per heavy atom. The maximum atomic E-state index is 12.7. The van der Waals surface area contributed by atoms with Crippen molar-refractivity contribution in [2.75, 3.05) is 33.2 Å². The van der Waals surface area contributed by atoms with Gasteiger partial charge in [-0.2, -0.15) is 4.31 Å². The monoisotopic (exact) mass is 341 g/mol. The van der Waals surface area contributed by atoms with Crippen molar-refractivity contribution in [3.05, 3.63) is 27.9 Å². The fourth-order valence-corrected chi connectivity index (χ4v) is 5.20. The molecular weight excluding hydrogens is 322 g/mol. The van der Waals surface area contributed by atoms with Crippen LogP contribution in [-0.2, 0) is 16.6 Å². The minimum absolute atomic E-state index is 0.0494. The smallest absolute Gasteiger partial charge is 0.304 e. The van der Waals surface area contributed by atoms with E-state index in [9.17, 15) is 13.2 Å². The molecule has 3 rings (SSSR count). The standard InChI is InChI=1S/C14H19N3O3S2/c1-3-17-12-5-4-11(10-13(12)21-14(17)18)22(19,20)16-8-6-15(2)7-9-16/h4-5,10H,3,6-9H2,1-2H3. The summed E-state index contributed by atoms with van der Waals surface area (Å²) in [5, 5.41) is 0. The van der Waals surface area contributed by atoms with Crippen LogP contribution in [-0.4, -0.2) is 55.4 Å². The van der Waals surface area contributed by atoms with Crippen LogP contribution >= 0.6 is 11.3 Å². The van der Waals surface area contributed by atoms with E-state index < -0.39 is 10.0 Å². The average Bonchev–Trinajstić information content (AvgIpc) is 2.81. The van der Waals surface area contributed by atoms with Crippen LogP contribution in [0.5, 0.6) is 0 Å². The second-order valence-corrected chi connectivity index (χ2v) is 8.38. The summed E-state index contributed by atoms with van der Waals surface area (Å²) in [6.45, 7) is 4.97. The first-order valence-electron chi connectivity index (χ1n) is 7.25. The molecule has 6 nitrogen and oxygen atoms in total. The molecule has 0 aliphatic carbocycles. The van der Waals surface area contributed by atoms with Gasteiger partial charge in [-0.05, 0) is 32.2 Å². The molecule has 0 spiro atoms. The largest absolute Gasteiger partial charge is 0.308 e. The molecule has 1 aromatic carbocycles. The van der Waals surface area contributed by atoms with Crippen molar-refractivity contribution in [3.63, 3.8) is 0 Å². The number of aromatic nitrogens is 1. The fraction of sp³-hybridized carbons (Fsp3) is 0.500. The van der Waals surface area contributed by atoms with Crippen LogP contribution in [0.3, 0.4) is 0 Å². The van der Waals surface area contributed by atoms with Gasteiger partial charge in [-0.25, -0.2) is 8.42 Å². The van der Waals surface area contributed by atoms with E-state index in [0.29, 0.717) is 19.6 Å². The van der Waals surface area contributed by atoms with Crippen LogP contribution in [0.15, 0.2) is 27.9 Å². The second-order valence-electron chi connectivity index (χ2n) is 5.45. The molecule has 1 aromatic heterocycles. The minimum atomic E-state index is -3.49.